The molecular formula is C18H20ClNO4. The topological polar surface area (TPSA) is 62.9 Å². The molecule has 1 fully saturated rings. The molecule has 24 heavy (non-hydrogen) atoms. The monoisotopic (exact) mass is 349 g/mol. The second-order valence-corrected chi connectivity index (χ2v) is 7.06. The molecule has 1 N–H and O–H groups in total. The minimum absolute atomic E-state index is 0.0394. The molecule has 1 atom stereocenters. The number of hydrogen-bond donors (Lipinski definition) is 1. The number of aromatic carboxylic acids is 1. The molecule has 0 saturated carbocycles. The van der Waals surface area contributed by atoms with Crippen LogP contribution in [-0.4, -0.2) is 34.7 Å². The number of carboxylic acid groups (broad SMARTS) is 1. The van der Waals surface area contributed by atoms with Crippen LogP contribution in [0.15, 0.2) is 40.8 Å². The fraction of sp³-hybridized carbons (Fsp3) is 0.389. The molecule has 0 bridgehead atoms. The highest BCUT2D eigenvalue weighted by molar-refractivity contribution is 6.30. The van der Waals surface area contributed by atoms with E-state index < -0.39 is 5.97 Å². The van der Waals surface area contributed by atoms with Gasteiger partial charge in [0.2, 0.25) is 5.76 Å². The Morgan fingerprint density at radius 1 is 1.38 bits per heavy atom. The summed E-state index contributed by atoms with van der Waals surface area (Å²) < 4.78 is 11.4. The molecule has 1 aliphatic rings. The second kappa shape index (κ2) is 6.59. The second-order valence-electron chi connectivity index (χ2n) is 6.62. The van der Waals surface area contributed by atoms with E-state index in [2.05, 4.69) is 18.7 Å². The molecule has 1 aliphatic heterocycles. The zero-order valence-corrected chi connectivity index (χ0v) is 14.4. The van der Waals surface area contributed by atoms with Crippen molar-refractivity contribution < 1.29 is 19.1 Å². The minimum atomic E-state index is -1.06. The van der Waals surface area contributed by atoms with Crippen molar-refractivity contribution in [3.05, 3.63) is 58.5 Å². The largest absolute Gasteiger partial charge is 0.475 e. The quantitative estimate of drug-likeness (QED) is 0.904. The van der Waals surface area contributed by atoms with Crippen molar-refractivity contribution in [3.8, 4) is 0 Å². The fourth-order valence-corrected chi connectivity index (χ4v) is 3.05. The molecule has 1 saturated heterocycles. The summed E-state index contributed by atoms with van der Waals surface area (Å²) in [5, 5.41) is 9.67. The third-order valence-electron chi connectivity index (χ3n) is 4.32. The van der Waals surface area contributed by atoms with Gasteiger partial charge in [-0.25, -0.2) is 4.79 Å². The van der Waals surface area contributed by atoms with Crippen LogP contribution in [0.25, 0.3) is 0 Å². The maximum atomic E-state index is 11.0. The van der Waals surface area contributed by atoms with E-state index in [9.17, 15) is 4.79 Å². The highest BCUT2D eigenvalue weighted by atomic mass is 35.5. The van der Waals surface area contributed by atoms with E-state index in [1.54, 1.807) is 6.07 Å². The number of rotatable bonds is 4. The summed E-state index contributed by atoms with van der Waals surface area (Å²) in [6.45, 7) is 5.97. The van der Waals surface area contributed by atoms with Gasteiger partial charge in [0, 0.05) is 17.1 Å². The molecule has 0 spiro atoms. The molecule has 6 heteroatoms. The normalized spacial score (nSPS) is 20.9. The van der Waals surface area contributed by atoms with Crippen LogP contribution in [0.3, 0.4) is 0 Å². The van der Waals surface area contributed by atoms with Crippen LogP contribution in [-0.2, 0) is 11.3 Å². The summed E-state index contributed by atoms with van der Waals surface area (Å²) in [6.07, 6.45) is -0.0781. The van der Waals surface area contributed by atoms with E-state index in [0.29, 0.717) is 30.5 Å². The smallest absolute Gasteiger partial charge is 0.371 e. The number of nitrogens with zero attached hydrogens (tertiary/aromatic N) is 1. The van der Waals surface area contributed by atoms with Gasteiger partial charge in [-0.1, -0.05) is 23.7 Å². The average Bonchev–Trinajstić information content (AvgIpc) is 2.98. The number of furan rings is 1. The van der Waals surface area contributed by atoms with Crippen LogP contribution in [0.1, 0.15) is 41.8 Å². The molecule has 2 heterocycles. The van der Waals surface area contributed by atoms with Crippen LogP contribution in [0.4, 0.5) is 0 Å². The van der Waals surface area contributed by atoms with Gasteiger partial charge in [-0.3, -0.25) is 4.90 Å². The number of halogens is 1. The van der Waals surface area contributed by atoms with E-state index in [1.807, 2.05) is 24.3 Å². The Hall–Kier alpha value is -1.82. The van der Waals surface area contributed by atoms with Gasteiger partial charge in [0.1, 0.15) is 5.76 Å². The van der Waals surface area contributed by atoms with E-state index >= 15 is 0 Å². The highest BCUT2D eigenvalue weighted by Crippen LogP contribution is 2.32. The standard InChI is InChI=1S/C18H20ClNO4/c1-18(2)11-23-16(12-4-3-5-13(19)8-12)10-20(18)9-14-6-7-15(24-14)17(21)22/h3-8,16H,9-11H2,1-2H3,(H,21,22). The zero-order valence-electron chi connectivity index (χ0n) is 13.7. The van der Waals surface area contributed by atoms with Gasteiger partial charge in [0.25, 0.3) is 0 Å². The molecule has 3 rings (SSSR count). The molecule has 2 aromatic rings. The summed E-state index contributed by atoms with van der Waals surface area (Å²) in [5.41, 5.74) is 0.860. The molecule has 0 aliphatic carbocycles. The van der Waals surface area contributed by atoms with Crippen molar-refractivity contribution in [1.29, 1.82) is 0 Å². The van der Waals surface area contributed by atoms with Crippen molar-refractivity contribution in [2.45, 2.75) is 32.0 Å². The SMILES string of the molecule is CC1(C)COC(c2cccc(Cl)c2)CN1Cc1ccc(C(=O)O)o1. The Morgan fingerprint density at radius 3 is 2.83 bits per heavy atom. The lowest BCUT2D eigenvalue weighted by Crippen LogP contribution is -2.53. The first-order valence-corrected chi connectivity index (χ1v) is 8.17. The maximum absolute atomic E-state index is 11.0. The molecule has 128 valence electrons. The first-order chi connectivity index (χ1) is 11.3. The van der Waals surface area contributed by atoms with Crippen LogP contribution >= 0.6 is 11.6 Å². The predicted molar refractivity (Wildman–Crippen MR) is 90.3 cm³/mol. The molecule has 1 unspecified atom stereocenters. The van der Waals surface area contributed by atoms with Crippen molar-refractivity contribution in [2.75, 3.05) is 13.2 Å². The van der Waals surface area contributed by atoms with E-state index in [-0.39, 0.29) is 17.4 Å². The Morgan fingerprint density at radius 2 is 2.17 bits per heavy atom. The van der Waals surface area contributed by atoms with Crippen molar-refractivity contribution >= 4 is 17.6 Å². The van der Waals surface area contributed by atoms with Crippen LogP contribution in [0.5, 0.6) is 0 Å². The summed E-state index contributed by atoms with van der Waals surface area (Å²) in [6, 6.07) is 10.9. The summed E-state index contributed by atoms with van der Waals surface area (Å²) in [4.78, 5) is 13.2. The summed E-state index contributed by atoms with van der Waals surface area (Å²) in [7, 11) is 0. The number of morpholine rings is 1. The van der Waals surface area contributed by atoms with E-state index in [4.69, 9.17) is 25.9 Å². The third kappa shape index (κ3) is 3.64. The number of hydrogen-bond acceptors (Lipinski definition) is 4. The molecule has 5 nitrogen and oxygen atoms in total. The molecular weight excluding hydrogens is 330 g/mol. The average molecular weight is 350 g/mol. The first kappa shape index (κ1) is 17.0. The zero-order chi connectivity index (χ0) is 17.3. The van der Waals surface area contributed by atoms with Crippen LogP contribution < -0.4 is 0 Å². The Balaban J connectivity index is 1.77. The number of carboxylic acids is 1. The van der Waals surface area contributed by atoms with Gasteiger partial charge in [0.15, 0.2) is 0 Å². The van der Waals surface area contributed by atoms with Gasteiger partial charge in [-0.15, -0.1) is 0 Å². The van der Waals surface area contributed by atoms with E-state index in [0.717, 1.165) is 5.56 Å². The predicted octanol–water partition coefficient (Wildman–Crippen LogP) is 3.98. The minimum Gasteiger partial charge on any atom is -0.475 e. The van der Waals surface area contributed by atoms with Gasteiger partial charge >= 0.3 is 5.97 Å². The Kier molecular flexibility index (Phi) is 4.67. The van der Waals surface area contributed by atoms with E-state index in [1.165, 1.54) is 6.07 Å². The lowest BCUT2D eigenvalue weighted by Gasteiger charge is -2.45. The van der Waals surface area contributed by atoms with Crippen LogP contribution in [0.2, 0.25) is 5.02 Å². The fourth-order valence-electron chi connectivity index (χ4n) is 2.85. The molecule has 1 aromatic carbocycles. The highest BCUT2D eigenvalue weighted by Gasteiger charge is 2.36. The molecule has 0 amide bonds. The van der Waals surface area contributed by atoms with Gasteiger partial charge in [-0.2, -0.15) is 0 Å². The van der Waals surface area contributed by atoms with Crippen LogP contribution in [0, 0.1) is 0 Å². The number of ether oxygens (including phenoxy) is 1. The number of benzene rings is 1. The van der Waals surface area contributed by atoms with Crippen molar-refractivity contribution in [2.24, 2.45) is 0 Å². The maximum Gasteiger partial charge on any atom is 0.371 e. The molecule has 0 radical (unpaired) electrons. The lowest BCUT2D eigenvalue weighted by atomic mass is 9.98. The lowest BCUT2D eigenvalue weighted by molar-refractivity contribution is -0.106. The van der Waals surface area contributed by atoms with Gasteiger partial charge in [0.05, 0.1) is 19.3 Å². The Labute approximate surface area is 145 Å². The van der Waals surface area contributed by atoms with Crippen molar-refractivity contribution in [3.63, 3.8) is 0 Å². The summed E-state index contributed by atoms with van der Waals surface area (Å²) >= 11 is 6.08. The number of carbonyl (C=O) groups is 1. The Bertz CT molecular complexity index is 740. The van der Waals surface area contributed by atoms with Gasteiger partial charge in [-0.05, 0) is 43.7 Å². The third-order valence-corrected chi connectivity index (χ3v) is 4.55. The van der Waals surface area contributed by atoms with Crippen molar-refractivity contribution in [1.82, 2.24) is 4.90 Å². The first-order valence-electron chi connectivity index (χ1n) is 7.79. The van der Waals surface area contributed by atoms with Gasteiger partial charge < -0.3 is 14.3 Å². The molecule has 1 aromatic heterocycles. The summed E-state index contributed by atoms with van der Waals surface area (Å²) in [5.74, 6) is -0.464.